The molecule has 1 aromatic carbocycles. The van der Waals surface area contributed by atoms with E-state index in [4.69, 9.17) is 11.2 Å². The van der Waals surface area contributed by atoms with Crippen LogP contribution in [0.1, 0.15) is 12.0 Å². The molecular formula is C11H11BrO2. The third kappa shape index (κ3) is 2.43. The monoisotopic (exact) mass is 254 g/mol. The van der Waals surface area contributed by atoms with Gasteiger partial charge >= 0.3 is 0 Å². The van der Waals surface area contributed by atoms with Gasteiger partial charge in [0.05, 0.1) is 7.11 Å². The molecule has 0 bridgehead atoms. The van der Waals surface area contributed by atoms with E-state index < -0.39 is 0 Å². The minimum atomic E-state index is 0.129. The van der Waals surface area contributed by atoms with Crippen LogP contribution in [0.25, 0.3) is 0 Å². The summed E-state index contributed by atoms with van der Waals surface area (Å²) in [6, 6.07) is 3.40. The molecule has 0 aliphatic rings. The molecule has 1 N–H and O–H groups in total. The summed E-state index contributed by atoms with van der Waals surface area (Å²) in [4.78, 5) is 0. The number of phenols is 1. The molecule has 0 amide bonds. The van der Waals surface area contributed by atoms with Crippen molar-refractivity contribution in [2.45, 2.75) is 12.8 Å². The lowest BCUT2D eigenvalue weighted by atomic mass is 10.1. The predicted octanol–water partition coefficient (Wildman–Crippen LogP) is 2.73. The molecule has 0 atom stereocenters. The number of hydrogen-bond donors (Lipinski definition) is 1. The maximum atomic E-state index is 9.45. The van der Waals surface area contributed by atoms with E-state index in [1.807, 2.05) is 0 Å². The van der Waals surface area contributed by atoms with Crippen LogP contribution in [0.3, 0.4) is 0 Å². The van der Waals surface area contributed by atoms with Gasteiger partial charge in [0.2, 0.25) is 0 Å². The molecule has 3 heteroatoms. The van der Waals surface area contributed by atoms with Crippen molar-refractivity contribution in [2.24, 2.45) is 0 Å². The highest BCUT2D eigenvalue weighted by molar-refractivity contribution is 9.10. The molecule has 0 heterocycles. The van der Waals surface area contributed by atoms with Crippen LogP contribution in [0.15, 0.2) is 16.6 Å². The van der Waals surface area contributed by atoms with E-state index in [2.05, 4.69) is 21.9 Å². The summed E-state index contributed by atoms with van der Waals surface area (Å²) in [7, 11) is 1.52. The molecule has 0 aromatic heterocycles. The van der Waals surface area contributed by atoms with Crippen LogP contribution in [-0.2, 0) is 6.42 Å². The topological polar surface area (TPSA) is 29.5 Å². The van der Waals surface area contributed by atoms with Crippen molar-refractivity contribution in [3.8, 4) is 23.8 Å². The molecule has 1 rings (SSSR count). The Labute approximate surface area is 92.0 Å². The predicted molar refractivity (Wildman–Crippen MR) is 59.5 cm³/mol. The highest BCUT2D eigenvalue weighted by Crippen LogP contribution is 2.32. The molecular weight excluding hydrogens is 244 g/mol. The van der Waals surface area contributed by atoms with E-state index in [1.165, 1.54) is 7.11 Å². The second-order valence-corrected chi connectivity index (χ2v) is 3.67. The number of methoxy groups -OCH3 is 1. The van der Waals surface area contributed by atoms with E-state index in [0.29, 0.717) is 12.2 Å². The first-order valence-corrected chi connectivity index (χ1v) is 4.97. The summed E-state index contributed by atoms with van der Waals surface area (Å²) in [5.41, 5.74) is 1.04. The van der Waals surface area contributed by atoms with Crippen LogP contribution in [0.2, 0.25) is 0 Å². The number of phenolic OH excluding ortho intramolecular Hbond substituents is 1. The fourth-order valence-electron chi connectivity index (χ4n) is 1.15. The van der Waals surface area contributed by atoms with Crippen molar-refractivity contribution in [1.29, 1.82) is 0 Å². The van der Waals surface area contributed by atoms with Crippen molar-refractivity contribution < 1.29 is 9.84 Å². The van der Waals surface area contributed by atoms with Gasteiger partial charge in [-0.1, -0.05) is 15.9 Å². The van der Waals surface area contributed by atoms with Crippen LogP contribution < -0.4 is 4.74 Å². The Morgan fingerprint density at radius 1 is 1.57 bits per heavy atom. The Kier molecular flexibility index (Phi) is 3.84. The standard InChI is InChI=1S/C11H11BrO2/c1-3-4-5-8-6-11(14-2)10(13)7-9(8)12/h1,6-7,13H,4-5H2,2H3. The van der Waals surface area contributed by atoms with Gasteiger partial charge in [-0.15, -0.1) is 12.3 Å². The van der Waals surface area contributed by atoms with Gasteiger partial charge < -0.3 is 9.84 Å². The fourth-order valence-corrected chi connectivity index (χ4v) is 1.68. The fraction of sp³-hybridized carbons (Fsp3) is 0.273. The number of ether oxygens (including phenoxy) is 1. The zero-order chi connectivity index (χ0) is 10.6. The number of aromatic hydroxyl groups is 1. The molecule has 0 aliphatic carbocycles. The minimum absolute atomic E-state index is 0.129. The average Bonchev–Trinajstić information content (AvgIpc) is 2.17. The molecule has 0 fully saturated rings. The van der Waals surface area contributed by atoms with Gasteiger partial charge in [-0.2, -0.15) is 0 Å². The minimum Gasteiger partial charge on any atom is -0.504 e. The second kappa shape index (κ2) is 4.92. The summed E-state index contributed by atoms with van der Waals surface area (Å²) in [6.07, 6.45) is 6.63. The van der Waals surface area contributed by atoms with E-state index in [1.54, 1.807) is 12.1 Å². The van der Waals surface area contributed by atoms with Gasteiger partial charge in [0, 0.05) is 10.9 Å². The van der Waals surface area contributed by atoms with Crippen LogP contribution >= 0.6 is 15.9 Å². The van der Waals surface area contributed by atoms with E-state index in [-0.39, 0.29) is 5.75 Å². The van der Waals surface area contributed by atoms with Gasteiger partial charge in [0.25, 0.3) is 0 Å². The first kappa shape index (κ1) is 10.9. The van der Waals surface area contributed by atoms with Crippen molar-refractivity contribution in [3.05, 3.63) is 22.2 Å². The van der Waals surface area contributed by atoms with Gasteiger partial charge in [0.1, 0.15) is 0 Å². The first-order valence-electron chi connectivity index (χ1n) is 4.18. The number of terminal acetylenes is 1. The third-order valence-corrected chi connectivity index (χ3v) is 2.62. The quantitative estimate of drug-likeness (QED) is 0.841. The molecule has 0 aliphatic heterocycles. The van der Waals surface area contributed by atoms with Crippen LogP contribution in [0.4, 0.5) is 0 Å². The first-order chi connectivity index (χ1) is 6.69. The second-order valence-electron chi connectivity index (χ2n) is 2.82. The van der Waals surface area contributed by atoms with Crippen LogP contribution in [-0.4, -0.2) is 12.2 Å². The normalized spacial score (nSPS) is 9.50. The van der Waals surface area contributed by atoms with Crippen molar-refractivity contribution in [3.63, 3.8) is 0 Å². The molecule has 1 aromatic rings. The molecule has 2 nitrogen and oxygen atoms in total. The van der Waals surface area contributed by atoms with E-state index in [9.17, 15) is 5.11 Å². The summed E-state index contributed by atoms with van der Waals surface area (Å²) in [5, 5.41) is 9.45. The molecule has 0 radical (unpaired) electrons. The number of aryl methyl sites for hydroxylation is 1. The van der Waals surface area contributed by atoms with Crippen LogP contribution in [0, 0.1) is 12.3 Å². The Morgan fingerprint density at radius 3 is 2.86 bits per heavy atom. The smallest absolute Gasteiger partial charge is 0.160 e. The maximum Gasteiger partial charge on any atom is 0.160 e. The SMILES string of the molecule is C#CCCc1cc(OC)c(O)cc1Br. The summed E-state index contributed by atoms with van der Waals surface area (Å²) in [5.74, 6) is 3.17. The summed E-state index contributed by atoms with van der Waals surface area (Å²) < 4.78 is 5.85. The van der Waals surface area contributed by atoms with Gasteiger partial charge in [0.15, 0.2) is 11.5 Å². The third-order valence-electron chi connectivity index (χ3n) is 1.89. The Hall–Kier alpha value is -1.14. The lowest BCUT2D eigenvalue weighted by Gasteiger charge is -2.07. The van der Waals surface area contributed by atoms with Crippen molar-refractivity contribution >= 4 is 15.9 Å². The number of benzene rings is 1. The number of hydrogen-bond acceptors (Lipinski definition) is 2. The number of rotatable bonds is 3. The highest BCUT2D eigenvalue weighted by atomic mass is 79.9. The lowest BCUT2D eigenvalue weighted by molar-refractivity contribution is 0.372. The Balaban J connectivity index is 2.99. The Morgan fingerprint density at radius 2 is 2.29 bits per heavy atom. The van der Waals surface area contributed by atoms with Crippen molar-refractivity contribution in [1.82, 2.24) is 0 Å². The molecule has 0 spiro atoms. The highest BCUT2D eigenvalue weighted by Gasteiger charge is 2.07. The zero-order valence-corrected chi connectivity index (χ0v) is 9.47. The zero-order valence-electron chi connectivity index (χ0n) is 7.88. The van der Waals surface area contributed by atoms with Gasteiger partial charge in [-0.05, 0) is 24.1 Å². The molecule has 0 unspecified atom stereocenters. The summed E-state index contributed by atoms with van der Waals surface area (Å²) >= 11 is 3.36. The molecule has 0 saturated carbocycles. The Bertz CT molecular complexity index is 366. The van der Waals surface area contributed by atoms with E-state index in [0.717, 1.165) is 16.5 Å². The van der Waals surface area contributed by atoms with Gasteiger partial charge in [-0.25, -0.2) is 0 Å². The van der Waals surface area contributed by atoms with Crippen molar-refractivity contribution in [2.75, 3.05) is 7.11 Å². The van der Waals surface area contributed by atoms with E-state index >= 15 is 0 Å². The van der Waals surface area contributed by atoms with Gasteiger partial charge in [-0.3, -0.25) is 0 Å². The van der Waals surface area contributed by atoms with Crippen LogP contribution in [0.5, 0.6) is 11.5 Å². The average molecular weight is 255 g/mol. The molecule has 0 saturated heterocycles. The maximum absolute atomic E-state index is 9.45. The number of halogens is 1. The molecule has 14 heavy (non-hydrogen) atoms. The lowest BCUT2D eigenvalue weighted by Crippen LogP contribution is -1.90. The largest absolute Gasteiger partial charge is 0.504 e. The molecule has 74 valence electrons. The summed E-state index contributed by atoms with van der Waals surface area (Å²) in [6.45, 7) is 0.